The lowest BCUT2D eigenvalue weighted by Gasteiger charge is -2.16. The lowest BCUT2D eigenvalue weighted by Crippen LogP contribution is -2.38. The standard InChI is InChI=1S/C23H31N5O/c1-2-24-23(26-14-11-21-10-6-7-13-25-21)27-17-20-16-22(29)28(18-20)15-12-19-8-4-3-5-9-19/h3-10,13,20H,2,11-12,14-18H2,1H3,(H2,24,26,27). The molecule has 1 aromatic heterocycles. The van der Waals surface area contributed by atoms with E-state index in [0.29, 0.717) is 13.0 Å². The Morgan fingerprint density at radius 2 is 1.97 bits per heavy atom. The summed E-state index contributed by atoms with van der Waals surface area (Å²) in [5, 5.41) is 6.64. The van der Waals surface area contributed by atoms with Gasteiger partial charge in [0.2, 0.25) is 5.91 Å². The van der Waals surface area contributed by atoms with Gasteiger partial charge in [-0.25, -0.2) is 0 Å². The lowest BCUT2D eigenvalue weighted by molar-refractivity contribution is -0.127. The average molecular weight is 394 g/mol. The van der Waals surface area contributed by atoms with Gasteiger partial charge in [0.15, 0.2) is 5.96 Å². The number of hydrogen-bond acceptors (Lipinski definition) is 3. The van der Waals surface area contributed by atoms with Gasteiger partial charge in [-0.1, -0.05) is 36.4 Å². The van der Waals surface area contributed by atoms with Crippen molar-refractivity contribution in [1.82, 2.24) is 20.5 Å². The molecule has 6 heteroatoms. The summed E-state index contributed by atoms with van der Waals surface area (Å²) in [6.45, 7) is 5.87. The van der Waals surface area contributed by atoms with Gasteiger partial charge in [-0.3, -0.25) is 14.8 Å². The Morgan fingerprint density at radius 3 is 2.72 bits per heavy atom. The lowest BCUT2D eigenvalue weighted by atomic mass is 10.1. The van der Waals surface area contributed by atoms with Crippen LogP contribution in [0.1, 0.15) is 24.6 Å². The van der Waals surface area contributed by atoms with Crippen molar-refractivity contribution in [3.63, 3.8) is 0 Å². The van der Waals surface area contributed by atoms with Gasteiger partial charge in [0, 0.05) is 63.4 Å². The van der Waals surface area contributed by atoms with Gasteiger partial charge < -0.3 is 15.5 Å². The highest BCUT2D eigenvalue weighted by atomic mass is 16.2. The summed E-state index contributed by atoms with van der Waals surface area (Å²) in [4.78, 5) is 23.4. The molecule has 0 spiro atoms. The van der Waals surface area contributed by atoms with Gasteiger partial charge in [0.25, 0.3) is 0 Å². The van der Waals surface area contributed by atoms with Crippen LogP contribution in [0.3, 0.4) is 0 Å². The number of guanidine groups is 1. The van der Waals surface area contributed by atoms with E-state index in [1.165, 1.54) is 5.56 Å². The second-order valence-electron chi connectivity index (χ2n) is 7.36. The molecular weight excluding hydrogens is 362 g/mol. The fraction of sp³-hybridized carbons (Fsp3) is 0.435. The normalized spacial score (nSPS) is 16.9. The van der Waals surface area contributed by atoms with E-state index in [-0.39, 0.29) is 11.8 Å². The van der Waals surface area contributed by atoms with E-state index >= 15 is 0 Å². The highest BCUT2D eigenvalue weighted by Gasteiger charge is 2.28. The third-order valence-corrected chi connectivity index (χ3v) is 5.06. The van der Waals surface area contributed by atoms with Crippen molar-refractivity contribution >= 4 is 11.9 Å². The van der Waals surface area contributed by atoms with Crippen LogP contribution in [0.25, 0.3) is 0 Å². The summed E-state index contributed by atoms with van der Waals surface area (Å²) in [6.07, 6.45) is 4.15. The SMILES string of the molecule is CCNC(=NCC1CC(=O)N(CCc2ccccc2)C1)NCCc1ccccn1. The zero-order valence-electron chi connectivity index (χ0n) is 17.2. The maximum absolute atomic E-state index is 12.3. The van der Waals surface area contributed by atoms with Crippen molar-refractivity contribution < 1.29 is 4.79 Å². The minimum atomic E-state index is 0.245. The number of amides is 1. The van der Waals surface area contributed by atoms with Crippen molar-refractivity contribution in [2.24, 2.45) is 10.9 Å². The number of benzene rings is 1. The molecule has 1 aromatic carbocycles. The Labute approximate surface area is 173 Å². The first-order chi connectivity index (χ1) is 14.2. The first kappa shape index (κ1) is 20.8. The summed E-state index contributed by atoms with van der Waals surface area (Å²) >= 11 is 0. The van der Waals surface area contributed by atoms with Crippen LogP contribution < -0.4 is 10.6 Å². The van der Waals surface area contributed by atoms with Crippen LogP contribution in [0.2, 0.25) is 0 Å². The summed E-state index contributed by atoms with van der Waals surface area (Å²) < 4.78 is 0. The Morgan fingerprint density at radius 1 is 1.14 bits per heavy atom. The maximum atomic E-state index is 12.3. The van der Waals surface area contributed by atoms with E-state index in [0.717, 1.165) is 50.7 Å². The molecule has 1 saturated heterocycles. The second kappa shape index (κ2) is 11.2. The largest absolute Gasteiger partial charge is 0.357 e. The first-order valence-corrected chi connectivity index (χ1v) is 10.5. The Balaban J connectivity index is 1.44. The fourth-order valence-corrected chi connectivity index (χ4v) is 3.52. The van der Waals surface area contributed by atoms with Gasteiger partial charge in [-0.2, -0.15) is 0 Å². The van der Waals surface area contributed by atoms with E-state index in [2.05, 4.69) is 34.7 Å². The minimum absolute atomic E-state index is 0.245. The third-order valence-electron chi connectivity index (χ3n) is 5.06. The fourth-order valence-electron chi connectivity index (χ4n) is 3.52. The predicted molar refractivity (Wildman–Crippen MR) is 117 cm³/mol. The van der Waals surface area contributed by atoms with Gasteiger partial charge >= 0.3 is 0 Å². The average Bonchev–Trinajstić information content (AvgIpc) is 3.11. The number of likely N-dealkylation sites (tertiary alicyclic amines) is 1. The number of aliphatic imine (C=N–C) groups is 1. The number of pyridine rings is 1. The molecule has 2 heterocycles. The first-order valence-electron chi connectivity index (χ1n) is 10.5. The van der Waals surface area contributed by atoms with E-state index in [1.807, 2.05) is 47.5 Å². The summed E-state index contributed by atoms with van der Waals surface area (Å²) in [5.41, 5.74) is 2.33. The van der Waals surface area contributed by atoms with Crippen LogP contribution in [0, 0.1) is 5.92 Å². The summed E-state index contributed by atoms with van der Waals surface area (Å²) in [7, 11) is 0. The maximum Gasteiger partial charge on any atom is 0.223 e. The molecular formula is C23H31N5O. The topological polar surface area (TPSA) is 69.6 Å². The molecule has 1 atom stereocenters. The highest BCUT2D eigenvalue weighted by molar-refractivity contribution is 5.80. The molecule has 1 aliphatic rings. The molecule has 0 bridgehead atoms. The Hall–Kier alpha value is -2.89. The molecule has 0 saturated carbocycles. The van der Waals surface area contributed by atoms with Crippen LogP contribution in [0.4, 0.5) is 0 Å². The second-order valence-corrected chi connectivity index (χ2v) is 7.36. The number of nitrogens with one attached hydrogen (secondary N) is 2. The van der Waals surface area contributed by atoms with Gasteiger partial charge in [-0.05, 0) is 31.0 Å². The molecule has 0 radical (unpaired) electrons. The van der Waals surface area contributed by atoms with Crippen molar-refractivity contribution in [3.05, 3.63) is 66.0 Å². The number of rotatable bonds is 9. The zero-order valence-corrected chi connectivity index (χ0v) is 17.2. The van der Waals surface area contributed by atoms with Gasteiger partial charge in [0.05, 0.1) is 0 Å². The molecule has 1 aliphatic heterocycles. The van der Waals surface area contributed by atoms with Crippen LogP contribution in [0.15, 0.2) is 59.7 Å². The molecule has 1 fully saturated rings. The van der Waals surface area contributed by atoms with E-state index in [1.54, 1.807) is 0 Å². The molecule has 6 nitrogen and oxygen atoms in total. The van der Waals surface area contributed by atoms with Crippen LogP contribution in [0.5, 0.6) is 0 Å². The minimum Gasteiger partial charge on any atom is -0.357 e. The van der Waals surface area contributed by atoms with E-state index in [9.17, 15) is 4.79 Å². The molecule has 2 aromatic rings. The van der Waals surface area contributed by atoms with Crippen molar-refractivity contribution in [3.8, 4) is 0 Å². The quantitative estimate of drug-likeness (QED) is 0.507. The molecule has 1 amide bonds. The molecule has 0 aliphatic carbocycles. The molecule has 29 heavy (non-hydrogen) atoms. The Bertz CT molecular complexity index is 778. The molecule has 154 valence electrons. The van der Waals surface area contributed by atoms with E-state index in [4.69, 9.17) is 4.99 Å². The highest BCUT2D eigenvalue weighted by Crippen LogP contribution is 2.18. The van der Waals surface area contributed by atoms with Crippen molar-refractivity contribution in [2.75, 3.05) is 32.7 Å². The number of hydrogen-bond donors (Lipinski definition) is 2. The number of carbonyl (C=O) groups excluding carboxylic acids is 1. The van der Waals surface area contributed by atoms with Crippen molar-refractivity contribution in [1.29, 1.82) is 0 Å². The van der Waals surface area contributed by atoms with Crippen LogP contribution in [-0.2, 0) is 17.6 Å². The molecule has 2 N–H and O–H groups in total. The smallest absolute Gasteiger partial charge is 0.223 e. The monoisotopic (exact) mass is 393 g/mol. The molecule has 3 rings (SSSR count). The molecule has 1 unspecified atom stereocenters. The Kier molecular flexibility index (Phi) is 8.04. The predicted octanol–water partition coefficient (Wildman–Crippen LogP) is 2.27. The van der Waals surface area contributed by atoms with Crippen LogP contribution >= 0.6 is 0 Å². The number of carbonyl (C=O) groups is 1. The van der Waals surface area contributed by atoms with E-state index < -0.39 is 0 Å². The van der Waals surface area contributed by atoms with Crippen molar-refractivity contribution in [2.45, 2.75) is 26.2 Å². The number of aromatic nitrogens is 1. The third kappa shape index (κ3) is 6.89. The van der Waals surface area contributed by atoms with Gasteiger partial charge in [0.1, 0.15) is 0 Å². The van der Waals surface area contributed by atoms with Gasteiger partial charge in [-0.15, -0.1) is 0 Å². The van der Waals surface area contributed by atoms with Crippen LogP contribution in [-0.4, -0.2) is 54.5 Å². The zero-order chi connectivity index (χ0) is 20.3. The number of nitrogens with zero attached hydrogens (tertiary/aromatic N) is 3. The summed E-state index contributed by atoms with van der Waals surface area (Å²) in [5.74, 6) is 1.33. The summed E-state index contributed by atoms with van der Waals surface area (Å²) in [6, 6.07) is 16.3.